The van der Waals surface area contributed by atoms with Crippen LogP contribution in [-0.2, 0) is 17.8 Å². The van der Waals surface area contributed by atoms with E-state index in [1.807, 2.05) is 11.6 Å². The highest BCUT2D eigenvalue weighted by molar-refractivity contribution is 5.77. The lowest BCUT2D eigenvalue weighted by Gasteiger charge is -2.22. The smallest absolute Gasteiger partial charge is 0.202 e. The normalized spacial score (nSPS) is 19.8. The zero-order chi connectivity index (χ0) is 14.1. The molecule has 1 fully saturated rings. The number of nitrogens with zero attached hydrogens (tertiary/aromatic N) is 4. The molecule has 1 aliphatic heterocycles. The van der Waals surface area contributed by atoms with Gasteiger partial charge in [0, 0.05) is 19.7 Å². The number of nitrogens with two attached hydrogens (primary N) is 1. The average molecular weight is 277 g/mol. The van der Waals surface area contributed by atoms with E-state index in [9.17, 15) is 0 Å². The van der Waals surface area contributed by atoms with Crippen molar-refractivity contribution in [3.63, 3.8) is 0 Å². The van der Waals surface area contributed by atoms with Crippen LogP contribution in [-0.4, -0.2) is 32.0 Å². The topological polar surface area (TPSA) is 70.9 Å². The Hall–Kier alpha value is -1.56. The van der Waals surface area contributed by atoms with Gasteiger partial charge in [-0.1, -0.05) is 0 Å². The van der Waals surface area contributed by atoms with E-state index in [2.05, 4.69) is 21.6 Å². The Balaban J connectivity index is 1.84. The summed E-state index contributed by atoms with van der Waals surface area (Å²) in [7, 11) is 0. The van der Waals surface area contributed by atoms with Gasteiger partial charge in [0.1, 0.15) is 5.52 Å². The van der Waals surface area contributed by atoms with E-state index >= 15 is 0 Å². The standard InChI is InChI=1S/C14H23N5O/c1-3-19-13-12(10(2)17-19)16-14(15)18(13)8-7-11-6-4-5-9-20-11/h11H,3-9H2,1-2H3,(H2,15,16). The number of aryl methyl sites for hydroxylation is 3. The van der Waals surface area contributed by atoms with E-state index in [0.29, 0.717) is 12.1 Å². The summed E-state index contributed by atoms with van der Waals surface area (Å²) in [5, 5.41) is 4.51. The van der Waals surface area contributed by atoms with Crippen molar-refractivity contribution in [2.24, 2.45) is 0 Å². The molecule has 1 aliphatic rings. The third-order valence-electron chi connectivity index (χ3n) is 4.08. The van der Waals surface area contributed by atoms with Crippen LogP contribution in [0.3, 0.4) is 0 Å². The maximum Gasteiger partial charge on any atom is 0.202 e. The molecule has 6 nitrogen and oxygen atoms in total. The van der Waals surface area contributed by atoms with Gasteiger partial charge in [-0.25, -0.2) is 9.67 Å². The van der Waals surface area contributed by atoms with Crippen LogP contribution in [0, 0.1) is 6.92 Å². The minimum atomic E-state index is 0.361. The third-order valence-corrected chi connectivity index (χ3v) is 4.08. The molecule has 3 heterocycles. The second-order valence-electron chi connectivity index (χ2n) is 5.47. The summed E-state index contributed by atoms with van der Waals surface area (Å²) in [4.78, 5) is 4.46. The van der Waals surface area contributed by atoms with Crippen LogP contribution in [0.2, 0.25) is 0 Å². The number of anilines is 1. The Kier molecular flexibility index (Phi) is 3.65. The number of imidazole rings is 1. The third kappa shape index (κ3) is 2.28. The van der Waals surface area contributed by atoms with E-state index < -0.39 is 0 Å². The van der Waals surface area contributed by atoms with E-state index in [0.717, 1.165) is 49.4 Å². The molecule has 0 bridgehead atoms. The van der Waals surface area contributed by atoms with Gasteiger partial charge >= 0.3 is 0 Å². The number of hydrogen-bond donors (Lipinski definition) is 1. The molecule has 2 N–H and O–H groups in total. The Labute approximate surface area is 118 Å². The highest BCUT2D eigenvalue weighted by atomic mass is 16.5. The number of hydrogen-bond acceptors (Lipinski definition) is 4. The lowest BCUT2D eigenvalue weighted by molar-refractivity contribution is 0.00902. The van der Waals surface area contributed by atoms with E-state index in [1.54, 1.807) is 0 Å². The number of ether oxygens (including phenoxy) is 1. The molecule has 0 amide bonds. The number of aromatic nitrogens is 4. The minimum absolute atomic E-state index is 0.361. The van der Waals surface area contributed by atoms with Crippen LogP contribution in [0.1, 0.15) is 38.3 Å². The summed E-state index contributed by atoms with van der Waals surface area (Å²) >= 11 is 0. The van der Waals surface area contributed by atoms with Crippen molar-refractivity contribution in [1.29, 1.82) is 0 Å². The molecular formula is C14H23N5O. The second kappa shape index (κ2) is 5.44. The Morgan fingerprint density at radius 3 is 2.95 bits per heavy atom. The largest absolute Gasteiger partial charge is 0.378 e. The first kappa shape index (κ1) is 13.4. The van der Waals surface area contributed by atoms with Gasteiger partial charge in [0.15, 0.2) is 5.65 Å². The second-order valence-corrected chi connectivity index (χ2v) is 5.47. The molecule has 1 saturated heterocycles. The van der Waals surface area contributed by atoms with E-state index in [-0.39, 0.29) is 0 Å². The molecule has 0 spiro atoms. The summed E-state index contributed by atoms with van der Waals surface area (Å²) in [6.45, 7) is 6.64. The van der Waals surface area contributed by atoms with E-state index in [1.165, 1.54) is 12.8 Å². The average Bonchev–Trinajstić information content (AvgIpc) is 2.95. The zero-order valence-electron chi connectivity index (χ0n) is 12.3. The molecule has 20 heavy (non-hydrogen) atoms. The van der Waals surface area contributed by atoms with Gasteiger partial charge < -0.3 is 10.5 Å². The van der Waals surface area contributed by atoms with Crippen LogP contribution >= 0.6 is 0 Å². The maximum absolute atomic E-state index is 6.08. The molecular weight excluding hydrogens is 254 g/mol. The van der Waals surface area contributed by atoms with Crippen molar-refractivity contribution in [2.45, 2.75) is 58.7 Å². The van der Waals surface area contributed by atoms with Crippen molar-refractivity contribution in [2.75, 3.05) is 12.3 Å². The number of nitrogen functional groups attached to an aromatic ring is 1. The molecule has 2 aromatic rings. The molecule has 6 heteroatoms. The predicted molar refractivity (Wildman–Crippen MR) is 78.5 cm³/mol. The van der Waals surface area contributed by atoms with Gasteiger partial charge in [-0.05, 0) is 39.5 Å². The van der Waals surface area contributed by atoms with Crippen LogP contribution in [0.15, 0.2) is 0 Å². The van der Waals surface area contributed by atoms with Crippen molar-refractivity contribution < 1.29 is 4.74 Å². The zero-order valence-corrected chi connectivity index (χ0v) is 12.3. The fraction of sp³-hybridized carbons (Fsp3) is 0.714. The van der Waals surface area contributed by atoms with Crippen molar-refractivity contribution in [3.05, 3.63) is 5.69 Å². The highest BCUT2D eigenvalue weighted by Gasteiger charge is 2.19. The summed E-state index contributed by atoms with van der Waals surface area (Å²) in [6.07, 6.45) is 4.97. The van der Waals surface area contributed by atoms with Gasteiger partial charge in [-0.3, -0.25) is 4.57 Å². The first-order valence-electron chi connectivity index (χ1n) is 7.51. The van der Waals surface area contributed by atoms with Crippen LogP contribution < -0.4 is 5.73 Å². The Bertz CT molecular complexity index is 594. The van der Waals surface area contributed by atoms with Crippen LogP contribution in [0.4, 0.5) is 5.95 Å². The predicted octanol–water partition coefficient (Wildman–Crippen LogP) is 2.10. The van der Waals surface area contributed by atoms with Gasteiger partial charge in [0.2, 0.25) is 5.95 Å². The lowest BCUT2D eigenvalue weighted by atomic mass is 10.1. The fourth-order valence-electron chi connectivity index (χ4n) is 2.99. The van der Waals surface area contributed by atoms with Crippen LogP contribution in [0.25, 0.3) is 11.2 Å². The van der Waals surface area contributed by atoms with E-state index in [4.69, 9.17) is 10.5 Å². The molecule has 2 aromatic heterocycles. The van der Waals surface area contributed by atoms with Gasteiger partial charge in [-0.2, -0.15) is 5.10 Å². The molecule has 0 saturated carbocycles. The quantitative estimate of drug-likeness (QED) is 0.929. The Morgan fingerprint density at radius 2 is 2.25 bits per heavy atom. The minimum Gasteiger partial charge on any atom is -0.378 e. The van der Waals surface area contributed by atoms with Crippen molar-refractivity contribution in [3.8, 4) is 0 Å². The summed E-state index contributed by atoms with van der Waals surface area (Å²) < 4.78 is 9.86. The molecule has 110 valence electrons. The molecule has 0 aliphatic carbocycles. The first-order valence-corrected chi connectivity index (χ1v) is 7.51. The van der Waals surface area contributed by atoms with Crippen LogP contribution in [0.5, 0.6) is 0 Å². The SMILES string of the molecule is CCn1nc(C)c2nc(N)n(CCC3CCCCO3)c21. The number of fused-ring (bicyclic) bond motifs is 1. The fourth-order valence-corrected chi connectivity index (χ4v) is 2.99. The Morgan fingerprint density at radius 1 is 1.40 bits per heavy atom. The maximum atomic E-state index is 6.08. The molecule has 1 unspecified atom stereocenters. The van der Waals surface area contributed by atoms with Gasteiger partial charge in [0.25, 0.3) is 0 Å². The van der Waals surface area contributed by atoms with Gasteiger partial charge in [-0.15, -0.1) is 0 Å². The molecule has 1 atom stereocenters. The molecule has 0 radical (unpaired) electrons. The molecule has 3 rings (SSSR count). The monoisotopic (exact) mass is 277 g/mol. The summed E-state index contributed by atoms with van der Waals surface area (Å²) in [5.74, 6) is 0.582. The first-order chi connectivity index (χ1) is 9.70. The van der Waals surface area contributed by atoms with Crippen molar-refractivity contribution in [1.82, 2.24) is 19.3 Å². The highest BCUT2D eigenvalue weighted by Crippen LogP contribution is 2.23. The molecule has 0 aromatic carbocycles. The summed E-state index contributed by atoms with van der Waals surface area (Å²) in [6, 6.07) is 0. The van der Waals surface area contributed by atoms with Gasteiger partial charge in [0.05, 0.1) is 11.8 Å². The lowest BCUT2D eigenvalue weighted by Crippen LogP contribution is -2.21. The summed E-state index contributed by atoms with van der Waals surface area (Å²) in [5.41, 5.74) is 8.99. The number of rotatable bonds is 4. The van der Waals surface area contributed by atoms with Crippen molar-refractivity contribution >= 4 is 17.1 Å².